The smallest absolute Gasteiger partial charge is 0.161 e. The van der Waals surface area contributed by atoms with E-state index in [1.54, 1.807) is 0 Å². The number of rotatable bonds is 7. The zero-order valence-electron chi connectivity index (χ0n) is 17.6. The molecule has 154 valence electrons. The Labute approximate surface area is 177 Å². The number of fused-ring (bicyclic) bond motifs is 1. The fourth-order valence-corrected chi connectivity index (χ4v) is 5.56. The van der Waals surface area contributed by atoms with Crippen LogP contribution in [0.2, 0.25) is 0 Å². The Morgan fingerprint density at radius 1 is 1.10 bits per heavy atom. The summed E-state index contributed by atoms with van der Waals surface area (Å²) in [5, 5.41) is 1.14. The minimum absolute atomic E-state index is 0.0147. The molecule has 0 aliphatic carbocycles. The molecule has 0 bridgehead atoms. The van der Waals surface area contributed by atoms with Gasteiger partial charge in [0.15, 0.2) is 16.7 Å². The van der Waals surface area contributed by atoms with Gasteiger partial charge in [0, 0.05) is 18.0 Å². The highest BCUT2D eigenvalue weighted by atomic mass is 32.2. The van der Waals surface area contributed by atoms with Gasteiger partial charge in [-0.15, -0.1) is 0 Å². The number of hydrogen-bond donors (Lipinski definition) is 0. The normalized spacial score (nSPS) is 23.1. The second-order valence-corrected chi connectivity index (χ2v) is 8.35. The van der Waals surface area contributed by atoms with Gasteiger partial charge in [-0.25, -0.2) is 0 Å². The Kier molecular flexibility index (Phi) is 5.99. The average Bonchev–Trinajstić information content (AvgIpc) is 3.30. The van der Waals surface area contributed by atoms with Crippen molar-refractivity contribution in [2.75, 3.05) is 19.0 Å². The molecule has 0 unspecified atom stereocenters. The second-order valence-electron chi connectivity index (χ2n) is 7.36. The zero-order valence-corrected chi connectivity index (χ0v) is 18.4. The summed E-state index contributed by atoms with van der Waals surface area (Å²) in [5.74, 6) is 2.71. The van der Waals surface area contributed by atoms with E-state index in [0.29, 0.717) is 19.3 Å². The molecule has 3 atom stereocenters. The van der Waals surface area contributed by atoms with Gasteiger partial charge in [0.2, 0.25) is 0 Å². The molecule has 6 heteroatoms. The third kappa shape index (κ3) is 3.70. The van der Waals surface area contributed by atoms with Crippen molar-refractivity contribution in [1.82, 2.24) is 9.88 Å². The predicted octanol–water partition coefficient (Wildman–Crippen LogP) is 5.17. The van der Waals surface area contributed by atoms with Crippen LogP contribution >= 0.6 is 11.8 Å². The van der Waals surface area contributed by atoms with Crippen LogP contribution in [-0.2, 0) is 0 Å². The number of aromatic nitrogens is 1. The lowest BCUT2D eigenvalue weighted by Gasteiger charge is -2.33. The Morgan fingerprint density at radius 2 is 1.86 bits per heavy atom. The van der Waals surface area contributed by atoms with Crippen LogP contribution in [0.1, 0.15) is 56.1 Å². The van der Waals surface area contributed by atoms with Crippen LogP contribution in [-0.4, -0.2) is 40.1 Å². The fourth-order valence-electron chi connectivity index (χ4n) is 4.22. The maximum atomic E-state index is 5.95. The molecule has 4 rings (SSSR count). The van der Waals surface area contributed by atoms with Crippen molar-refractivity contribution in [2.24, 2.45) is 4.99 Å². The SMILES string of the molecule is CCOc1cc(C)c([C@H]2[C@@H](c3ccccn3)N=C3SC[C@@H](CC)N32)cc1OCC. The topological polar surface area (TPSA) is 47.0 Å². The van der Waals surface area contributed by atoms with Crippen molar-refractivity contribution in [1.29, 1.82) is 0 Å². The number of thioether (sulfide) groups is 1. The van der Waals surface area contributed by atoms with E-state index in [0.717, 1.165) is 34.5 Å². The van der Waals surface area contributed by atoms with Gasteiger partial charge in [0.25, 0.3) is 0 Å². The first-order chi connectivity index (χ1) is 14.2. The van der Waals surface area contributed by atoms with Crippen LogP contribution < -0.4 is 9.47 Å². The summed E-state index contributed by atoms with van der Waals surface area (Å²) in [7, 11) is 0. The van der Waals surface area contributed by atoms with Crippen LogP contribution in [0.4, 0.5) is 0 Å². The number of nitrogens with zero attached hydrogens (tertiary/aromatic N) is 3. The van der Waals surface area contributed by atoms with E-state index >= 15 is 0 Å². The van der Waals surface area contributed by atoms with Crippen molar-refractivity contribution in [2.45, 2.75) is 52.2 Å². The van der Waals surface area contributed by atoms with Crippen LogP contribution in [0.15, 0.2) is 41.5 Å². The predicted molar refractivity (Wildman–Crippen MR) is 119 cm³/mol. The molecule has 5 nitrogen and oxygen atoms in total. The third-order valence-corrected chi connectivity index (χ3v) is 6.71. The Bertz CT molecular complexity index is 887. The molecule has 1 saturated heterocycles. The molecule has 0 radical (unpaired) electrons. The monoisotopic (exact) mass is 411 g/mol. The van der Waals surface area contributed by atoms with Gasteiger partial charge in [-0.3, -0.25) is 9.98 Å². The summed E-state index contributed by atoms with van der Waals surface area (Å²) in [5.41, 5.74) is 3.46. The van der Waals surface area contributed by atoms with E-state index in [4.69, 9.17) is 14.5 Å². The van der Waals surface area contributed by atoms with Gasteiger partial charge in [0.05, 0.1) is 24.9 Å². The molecular formula is C23H29N3O2S. The lowest BCUT2D eigenvalue weighted by Crippen LogP contribution is -2.35. The summed E-state index contributed by atoms with van der Waals surface area (Å²) in [6, 6.07) is 11.0. The van der Waals surface area contributed by atoms with E-state index < -0.39 is 0 Å². The molecule has 2 aliphatic heterocycles. The van der Waals surface area contributed by atoms with E-state index in [9.17, 15) is 0 Å². The molecule has 1 fully saturated rings. The number of aliphatic imine (C=N–C) groups is 1. The molecule has 0 N–H and O–H groups in total. The Balaban J connectivity index is 1.82. The van der Waals surface area contributed by atoms with E-state index in [1.807, 2.05) is 43.9 Å². The van der Waals surface area contributed by atoms with Gasteiger partial charge in [-0.05, 0) is 62.6 Å². The van der Waals surface area contributed by atoms with Gasteiger partial charge < -0.3 is 14.4 Å². The van der Waals surface area contributed by atoms with Crippen molar-refractivity contribution >= 4 is 16.9 Å². The molecule has 0 spiro atoms. The lowest BCUT2D eigenvalue weighted by molar-refractivity contribution is 0.251. The molecule has 0 amide bonds. The highest BCUT2D eigenvalue weighted by Crippen LogP contribution is 2.50. The maximum absolute atomic E-state index is 5.95. The summed E-state index contributed by atoms with van der Waals surface area (Å²) in [4.78, 5) is 12.3. The first kappa shape index (κ1) is 20.1. The highest BCUT2D eigenvalue weighted by molar-refractivity contribution is 8.14. The van der Waals surface area contributed by atoms with Crippen LogP contribution in [0.5, 0.6) is 11.5 Å². The highest BCUT2D eigenvalue weighted by Gasteiger charge is 2.46. The van der Waals surface area contributed by atoms with Crippen LogP contribution in [0.3, 0.4) is 0 Å². The molecule has 1 aromatic carbocycles. The van der Waals surface area contributed by atoms with E-state index in [-0.39, 0.29) is 12.1 Å². The van der Waals surface area contributed by atoms with Crippen molar-refractivity contribution in [3.63, 3.8) is 0 Å². The molecule has 2 aliphatic rings. The number of amidine groups is 1. The average molecular weight is 412 g/mol. The fraction of sp³-hybridized carbons (Fsp3) is 0.478. The summed E-state index contributed by atoms with van der Waals surface area (Å²) < 4.78 is 11.8. The summed E-state index contributed by atoms with van der Waals surface area (Å²) in [6.07, 6.45) is 2.96. The minimum Gasteiger partial charge on any atom is -0.490 e. The minimum atomic E-state index is -0.0147. The van der Waals surface area contributed by atoms with E-state index in [1.165, 1.54) is 11.1 Å². The second kappa shape index (κ2) is 8.66. The Hall–Kier alpha value is -2.21. The number of pyridine rings is 1. The number of aryl methyl sites for hydroxylation is 1. The molecule has 2 aromatic rings. The van der Waals surface area contributed by atoms with Crippen LogP contribution in [0, 0.1) is 6.92 Å². The lowest BCUT2D eigenvalue weighted by atomic mass is 9.91. The largest absolute Gasteiger partial charge is 0.490 e. The van der Waals surface area contributed by atoms with Crippen molar-refractivity contribution < 1.29 is 9.47 Å². The van der Waals surface area contributed by atoms with E-state index in [2.05, 4.69) is 41.9 Å². The molecular weight excluding hydrogens is 382 g/mol. The summed E-state index contributed by atoms with van der Waals surface area (Å²) in [6.45, 7) is 9.65. The molecule has 3 heterocycles. The number of benzene rings is 1. The number of hydrogen-bond acceptors (Lipinski definition) is 6. The first-order valence-electron chi connectivity index (χ1n) is 10.5. The van der Waals surface area contributed by atoms with Gasteiger partial charge in [-0.2, -0.15) is 0 Å². The molecule has 0 saturated carbocycles. The van der Waals surface area contributed by atoms with Crippen molar-refractivity contribution in [3.05, 3.63) is 53.3 Å². The van der Waals surface area contributed by atoms with Gasteiger partial charge in [-0.1, -0.05) is 24.8 Å². The van der Waals surface area contributed by atoms with Gasteiger partial charge >= 0.3 is 0 Å². The molecule has 29 heavy (non-hydrogen) atoms. The van der Waals surface area contributed by atoms with Crippen molar-refractivity contribution in [3.8, 4) is 11.5 Å². The molecule has 1 aromatic heterocycles. The number of ether oxygens (including phenoxy) is 2. The quantitative estimate of drug-likeness (QED) is 0.629. The van der Waals surface area contributed by atoms with Gasteiger partial charge in [0.1, 0.15) is 6.04 Å². The summed E-state index contributed by atoms with van der Waals surface area (Å²) >= 11 is 1.87. The zero-order chi connectivity index (χ0) is 20.4. The Morgan fingerprint density at radius 3 is 2.52 bits per heavy atom. The first-order valence-corrected chi connectivity index (χ1v) is 11.5. The maximum Gasteiger partial charge on any atom is 0.161 e. The standard InChI is InChI=1S/C23H29N3O2S/c1-5-16-14-29-23-25-21(18-10-8-9-11-24-18)22(26(16)23)17-13-20(28-7-3)19(27-6-2)12-15(17)4/h8-13,16,21-22H,5-7,14H2,1-4H3/t16-,21-,22+/m1/s1. The van der Waals surface area contributed by atoms with Crippen LogP contribution in [0.25, 0.3) is 0 Å². The third-order valence-electron chi connectivity index (χ3n) is 5.58.